The molecule has 0 atom stereocenters. The summed E-state index contributed by atoms with van der Waals surface area (Å²) >= 11 is 0. The van der Waals surface area contributed by atoms with Gasteiger partial charge in [-0.2, -0.15) is 0 Å². The Morgan fingerprint density at radius 1 is 0.885 bits per heavy atom. The Hall–Kier alpha value is -3.22. The van der Waals surface area contributed by atoms with Gasteiger partial charge < -0.3 is 14.2 Å². The average Bonchev–Trinajstić information content (AvgIpc) is 2.70. The van der Waals surface area contributed by atoms with E-state index >= 15 is 0 Å². The highest BCUT2D eigenvalue weighted by Crippen LogP contribution is 2.22. The number of amides is 2. The highest BCUT2D eigenvalue weighted by atomic mass is 16.5. The van der Waals surface area contributed by atoms with Gasteiger partial charge in [0, 0.05) is 11.6 Å². The van der Waals surface area contributed by atoms with E-state index in [0.29, 0.717) is 17.2 Å². The van der Waals surface area contributed by atoms with Gasteiger partial charge in [-0.1, -0.05) is 19.1 Å². The first-order valence-corrected chi connectivity index (χ1v) is 8.09. The minimum atomic E-state index is -0.497. The minimum absolute atomic E-state index is 0.215. The summed E-state index contributed by atoms with van der Waals surface area (Å²) in [5.74, 6) is 0.552. The van der Waals surface area contributed by atoms with Crippen LogP contribution < -0.4 is 25.1 Å². The molecule has 7 heteroatoms. The van der Waals surface area contributed by atoms with Crippen molar-refractivity contribution >= 4 is 11.8 Å². The molecular formula is C19H22N2O5. The molecule has 0 heterocycles. The highest BCUT2D eigenvalue weighted by Gasteiger charge is 2.11. The number of hydrogen-bond donors (Lipinski definition) is 2. The molecule has 0 radical (unpaired) electrons. The number of rotatable bonds is 7. The summed E-state index contributed by atoms with van der Waals surface area (Å²) in [6.07, 6.45) is 0.932. The SMILES string of the molecule is CCc1ccc(OCC(=O)NNC(=O)c2cc(OC)cc(OC)c2)cc1. The number of carbonyl (C=O) groups excluding carboxylic acids is 2. The Morgan fingerprint density at radius 2 is 1.50 bits per heavy atom. The van der Waals surface area contributed by atoms with E-state index in [1.807, 2.05) is 12.1 Å². The van der Waals surface area contributed by atoms with Gasteiger partial charge in [-0.25, -0.2) is 0 Å². The predicted octanol–water partition coefficient (Wildman–Crippen LogP) is 2.11. The van der Waals surface area contributed by atoms with E-state index in [-0.39, 0.29) is 12.2 Å². The van der Waals surface area contributed by atoms with Gasteiger partial charge in [-0.3, -0.25) is 20.4 Å². The number of benzene rings is 2. The van der Waals surface area contributed by atoms with Crippen LogP contribution in [0.2, 0.25) is 0 Å². The van der Waals surface area contributed by atoms with Gasteiger partial charge in [0.05, 0.1) is 14.2 Å². The molecule has 0 aromatic heterocycles. The van der Waals surface area contributed by atoms with Crippen molar-refractivity contribution in [2.75, 3.05) is 20.8 Å². The second kappa shape index (κ2) is 9.31. The van der Waals surface area contributed by atoms with E-state index < -0.39 is 11.8 Å². The van der Waals surface area contributed by atoms with Crippen molar-refractivity contribution in [2.24, 2.45) is 0 Å². The summed E-state index contributed by atoms with van der Waals surface area (Å²) in [5, 5.41) is 0. The average molecular weight is 358 g/mol. The van der Waals surface area contributed by atoms with E-state index in [0.717, 1.165) is 6.42 Å². The minimum Gasteiger partial charge on any atom is -0.497 e. The molecule has 2 N–H and O–H groups in total. The lowest BCUT2D eigenvalue weighted by Crippen LogP contribution is -2.43. The zero-order chi connectivity index (χ0) is 18.9. The summed E-state index contributed by atoms with van der Waals surface area (Å²) < 4.78 is 15.6. The van der Waals surface area contributed by atoms with Crippen molar-refractivity contribution in [2.45, 2.75) is 13.3 Å². The van der Waals surface area contributed by atoms with Crippen LogP contribution in [0.1, 0.15) is 22.8 Å². The Labute approximate surface area is 152 Å². The molecule has 138 valence electrons. The molecule has 0 aliphatic rings. The largest absolute Gasteiger partial charge is 0.497 e. The maximum absolute atomic E-state index is 12.2. The summed E-state index contributed by atoms with van der Waals surface area (Å²) in [7, 11) is 2.98. The van der Waals surface area contributed by atoms with Crippen molar-refractivity contribution in [3.05, 3.63) is 53.6 Å². The summed E-state index contributed by atoms with van der Waals surface area (Å²) in [4.78, 5) is 24.0. The molecule has 2 amide bonds. The third-order valence-corrected chi connectivity index (χ3v) is 3.63. The molecule has 7 nitrogen and oxygen atoms in total. The lowest BCUT2D eigenvalue weighted by Gasteiger charge is -2.11. The van der Waals surface area contributed by atoms with Crippen molar-refractivity contribution in [3.63, 3.8) is 0 Å². The molecule has 26 heavy (non-hydrogen) atoms. The summed E-state index contributed by atoms with van der Waals surface area (Å²) in [6.45, 7) is 1.84. The molecule has 0 fully saturated rings. The fourth-order valence-corrected chi connectivity index (χ4v) is 2.14. The molecular weight excluding hydrogens is 336 g/mol. The van der Waals surface area contributed by atoms with Crippen molar-refractivity contribution in [1.82, 2.24) is 10.9 Å². The fourth-order valence-electron chi connectivity index (χ4n) is 2.14. The van der Waals surface area contributed by atoms with Crippen LogP contribution in [0.5, 0.6) is 17.2 Å². The highest BCUT2D eigenvalue weighted by molar-refractivity contribution is 5.96. The molecule has 0 saturated carbocycles. The van der Waals surface area contributed by atoms with E-state index in [1.54, 1.807) is 18.2 Å². The van der Waals surface area contributed by atoms with Gasteiger partial charge in [0.25, 0.3) is 11.8 Å². The first-order valence-electron chi connectivity index (χ1n) is 8.09. The second-order valence-electron chi connectivity index (χ2n) is 5.39. The summed E-state index contributed by atoms with van der Waals surface area (Å²) in [5.41, 5.74) is 6.10. The second-order valence-corrected chi connectivity index (χ2v) is 5.39. The van der Waals surface area contributed by atoms with Crippen LogP contribution in [0.25, 0.3) is 0 Å². The van der Waals surface area contributed by atoms with E-state index in [4.69, 9.17) is 14.2 Å². The zero-order valence-corrected chi connectivity index (χ0v) is 15.0. The molecule has 0 bridgehead atoms. The van der Waals surface area contributed by atoms with Crippen LogP contribution in [0.15, 0.2) is 42.5 Å². The van der Waals surface area contributed by atoms with Gasteiger partial charge in [-0.05, 0) is 36.2 Å². The topological polar surface area (TPSA) is 85.9 Å². The van der Waals surface area contributed by atoms with Gasteiger partial charge >= 0.3 is 0 Å². The van der Waals surface area contributed by atoms with E-state index in [9.17, 15) is 9.59 Å². The smallest absolute Gasteiger partial charge is 0.276 e. The number of hydrogen-bond acceptors (Lipinski definition) is 5. The van der Waals surface area contributed by atoms with Crippen LogP contribution in [0.4, 0.5) is 0 Å². The predicted molar refractivity (Wildman–Crippen MR) is 96.5 cm³/mol. The number of ether oxygens (including phenoxy) is 3. The maximum atomic E-state index is 12.2. The van der Waals surface area contributed by atoms with E-state index in [1.165, 1.54) is 31.9 Å². The van der Waals surface area contributed by atoms with Crippen LogP contribution >= 0.6 is 0 Å². The maximum Gasteiger partial charge on any atom is 0.276 e. The Balaban J connectivity index is 1.85. The first-order chi connectivity index (χ1) is 12.5. The quantitative estimate of drug-likeness (QED) is 0.741. The molecule has 2 rings (SSSR count). The van der Waals surface area contributed by atoms with Gasteiger partial charge in [0.1, 0.15) is 17.2 Å². The van der Waals surface area contributed by atoms with E-state index in [2.05, 4.69) is 17.8 Å². The Kier molecular flexibility index (Phi) is 6.84. The van der Waals surface area contributed by atoms with Gasteiger partial charge in [0.15, 0.2) is 6.61 Å². The summed E-state index contributed by atoms with van der Waals surface area (Å²) in [6, 6.07) is 12.2. The van der Waals surface area contributed by atoms with Crippen LogP contribution in [0, 0.1) is 0 Å². The standard InChI is InChI=1S/C19H22N2O5/c1-4-13-5-7-15(8-6-13)26-12-18(22)20-21-19(23)14-9-16(24-2)11-17(10-14)25-3/h5-11H,4,12H2,1-3H3,(H,20,22)(H,21,23). The number of hydrazine groups is 1. The lowest BCUT2D eigenvalue weighted by molar-refractivity contribution is -0.123. The molecule has 0 saturated heterocycles. The van der Waals surface area contributed by atoms with Crippen molar-refractivity contribution in [3.8, 4) is 17.2 Å². The number of carbonyl (C=O) groups is 2. The number of methoxy groups -OCH3 is 2. The third-order valence-electron chi connectivity index (χ3n) is 3.63. The molecule has 2 aromatic rings. The van der Waals surface area contributed by atoms with Gasteiger partial charge in [0.2, 0.25) is 0 Å². The lowest BCUT2D eigenvalue weighted by atomic mass is 10.2. The first kappa shape index (κ1) is 19.1. The monoisotopic (exact) mass is 358 g/mol. The van der Waals surface area contributed by atoms with Crippen molar-refractivity contribution < 1.29 is 23.8 Å². The number of aryl methyl sites for hydroxylation is 1. The molecule has 2 aromatic carbocycles. The molecule has 0 spiro atoms. The molecule has 0 aliphatic heterocycles. The third kappa shape index (κ3) is 5.41. The Bertz CT molecular complexity index is 737. The number of nitrogens with one attached hydrogen (secondary N) is 2. The van der Waals surface area contributed by atoms with Crippen LogP contribution in [-0.4, -0.2) is 32.6 Å². The molecule has 0 aliphatic carbocycles. The molecule has 0 unspecified atom stereocenters. The Morgan fingerprint density at radius 3 is 2.04 bits per heavy atom. The normalized spacial score (nSPS) is 9.96. The van der Waals surface area contributed by atoms with Crippen LogP contribution in [-0.2, 0) is 11.2 Å². The fraction of sp³-hybridized carbons (Fsp3) is 0.263. The van der Waals surface area contributed by atoms with Crippen molar-refractivity contribution in [1.29, 1.82) is 0 Å². The van der Waals surface area contributed by atoms with Gasteiger partial charge in [-0.15, -0.1) is 0 Å². The van der Waals surface area contributed by atoms with Crippen LogP contribution in [0.3, 0.4) is 0 Å². The zero-order valence-electron chi connectivity index (χ0n) is 15.0.